The Kier molecular flexibility index (Phi) is 6.03. The summed E-state index contributed by atoms with van der Waals surface area (Å²) in [6.07, 6.45) is 0.274. The molecule has 1 saturated heterocycles. The fourth-order valence-corrected chi connectivity index (χ4v) is 3.17. The fraction of sp³-hybridized carbons (Fsp3) is 0.350. The third-order valence-electron chi connectivity index (χ3n) is 4.79. The van der Waals surface area contributed by atoms with Gasteiger partial charge in [0.15, 0.2) is 0 Å². The van der Waals surface area contributed by atoms with Gasteiger partial charge in [-0.15, -0.1) is 0 Å². The first kappa shape index (κ1) is 18.8. The van der Waals surface area contributed by atoms with Crippen molar-refractivity contribution in [3.05, 3.63) is 69.8 Å². The van der Waals surface area contributed by atoms with Crippen molar-refractivity contribution in [1.29, 1.82) is 0 Å². The molecule has 1 fully saturated rings. The van der Waals surface area contributed by atoms with Gasteiger partial charge in [0.2, 0.25) is 5.91 Å². The highest BCUT2D eigenvalue weighted by molar-refractivity contribution is 5.79. The van der Waals surface area contributed by atoms with E-state index in [0.717, 1.165) is 30.9 Å². The molecule has 1 amide bonds. The van der Waals surface area contributed by atoms with Gasteiger partial charge in [0, 0.05) is 44.9 Å². The third kappa shape index (κ3) is 5.04. The monoisotopic (exact) mass is 369 g/mol. The molecule has 0 atom stereocenters. The molecule has 0 N–H and O–H groups in total. The fourth-order valence-electron chi connectivity index (χ4n) is 3.17. The standard InChI is InChI=1S/C20H23N3O4/c1-27-19-8-4-17(5-9-19)15-21-10-12-22(13-11-21)20(24)14-16-2-6-18(7-3-16)23(25)26/h2-9H,10-15H2,1H3. The van der Waals surface area contributed by atoms with Gasteiger partial charge >= 0.3 is 0 Å². The molecule has 0 aromatic heterocycles. The van der Waals surface area contributed by atoms with Crippen molar-refractivity contribution < 1.29 is 14.5 Å². The minimum absolute atomic E-state index is 0.0401. The van der Waals surface area contributed by atoms with Crippen molar-refractivity contribution in [2.45, 2.75) is 13.0 Å². The van der Waals surface area contributed by atoms with Gasteiger partial charge in [-0.2, -0.15) is 0 Å². The van der Waals surface area contributed by atoms with Crippen LogP contribution in [0.1, 0.15) is 11.1 Å². The predicted octanol–water partition coefficient (Wildman–Crippen LogP) is 2.49. The number of rotatable bonds is 6. The number of nitro groups is 1. The zero-order chi connectivity index (χ0) is 19.2. The summed E-state index contributed by atoms with van der Waals surface area (Å²) in [5, 5.41) is 10.7. The second kappa shape index (κ2) is 8.64. The topological polar surface area (TPSA) is 75.9 Å². The first-order valence-electron chi connectivity index (χ1n) is 8.91. The Bertz CT molecular complexity index is 782. The lowest BCUT2D eigenvalue weighted by atomic mass is 10.1. The van der Waals surface area contributed by atoms with Gasteiger partial charge in [-0.3, -0.25) is 19.8 Å². The minimum Gasteiger partial charge on any atom is -0.497 e. The lowest BCUT2D eigenvalue weighted by molar-refractivity contribution is -0.384. The van der Waals surface area contributed by atoms with E-state index in [1.807, 2.05) is 17.0 Å². The Morgan fingerprint density at radius 2 is 1.59 bits per heavy atom. The maximum Gasteiger partial charge on any atom is 0.269 e. The van der Waals surface area contributed by atoms with Crippen LogP contribution in [0.25, 0.3) is 0 Å². The molecule has 1 heterocycles. The average Bonchev–Trinajstić information content (AvgIpc) is 2.69. The molecule has 7 nitrogen and oxygen atoms in total. The van der Waals surface area contributed by atoms with Crippen molar-refractivity contribution in [3.63, 3.8) is 0 Å². The van der Waals surface area contributed by atoms with Gasteiger partial charge in [0.05, 0.1) is 18.5 Å². The average molecular weight is 369 g/mol. The van der Waals surface area contributed by atoms with Crippen LogP contribution in [0.15, 0.2) is 48.5 Å². The summed E-state index contributed by atoms with van der Waals surface area (Å²) in [7, 11) is 1.65. The Balaban J connectivity index is 1.47. The number of non-ortho nitro benzene ring substituents is 1. The Morgan fingerprint density at radius 3 is 2.15 bits per heavy atom. The third-order valence-corrected chi connectivity index (χ3v) is 4.79. The zero-order valence-electron chi connectivity index (χ0n) is 15.3. The first-order valence-corrected chi connectivity index (χ1v) is 8.91. The number of ether oxygens (including phenoxy) is 1. The molecule has 1 aliphatic rings. The number of methoxy groups -OCH3 is 1. The summed E-state index contributed by atoms with van der Waals surface area (Å²) in [5.74, 6) is 0.911. The number of hydrogen-bond donors (Lipinski definition) is 0. The number of nitro benzene ring substituents is 1. The van der Waals surface area contributed by atoms with Crippen LogP contribution in [0.4, 0.5) is 5.69 Å². The Hall–Kier alpha value is -2.93. The zero-order valence-corrected chi connectivity index (χ0v) is 15.3. The smallest absolute Gasteiger partial charge is 0.269 e. The van der Waals surface area contributed by atoms with Gasteiger partial charge < -0.3 is 9.64 Å². The molecule has 7 heteroatoms. The molecule has 0 radical (unpaired) electrons. The van der Waals surface area contributed by atoms with Crippen molar-refractivity contribution in [1.82, 2.24) is 9.80 Å². The van der Waals surface area contributed by atoms with E-state index in [-0.39, 0.29) is 18.0 Å². The summed E-state index contributed by atoms with van der Waals surface area (Å²) in [5.41, 5.74) is 2.06. The summed E-state index contributed by atoms with van der Waals surface area (Å²) < 4.78 is 5.18. The van der Waals surface area contributed by atoms with Crippen LogP contribution in [-0.2, 0) is 17.8 Å². The maximum absolute atomic E-state index is 12.5. The van der Waals surface area contributed by atoms with E-state index >= 15 is 0 Å². The number of amides is 1. The molecule has 0 aliphatic carbocycles. The Labute approximate surface area is 158 Å². The summed E-state index contributed by atoms with van der Waals surface area (Å²) in [6, 6.07) is 14.2. The molecule has 0 spiro atoms. The molecule has 0 saturated carbocycles. The summed E-state index contributed by atoms with van der Waals surface area (Å²) in [6.45, 7) is 3.91. The van der Waals surface area contributed by atoms with Crippen LogP contribution in [-0.4, -0.2) is 53.9 Å². The van der Waals surface area contributed by atoms with Gasteiger partial charge in [-0.25, -0.2) is 0 Å². The molecule has 3 rings (SSSR count). The SMILES string of the molecule is COc1ccc(CN2CCN(C(=O)Cc3ccc([N+](=O)[O-])cc3)CC2)cc1. The normalized spacial score (nSPS) is 14.8. The molecule has 2 aromatic rings. The van der Waals surface area contributed by atoms with Gasteiger partial charge in [-0.05, 0) is 23.3 Å². The van der Waals surface area contributed by atoms with E-state index in [1.165, 1.54) is 17.7 Å². The number of carbonyl (C=O) groups is 1. The largest absolute Gasteiger partial charge is 0.497 e. The first-order chi connectivity index (χ1) is 13.0. The second-order valence-corrected chi connectivity index (χ2v) is 6.61. The molecule has 0 unspecified atom stereocenters. The molecule has 1 aliphatic heterocycles. The maximum atomic E-state index is 12.5. The second-order valence-electron chi connectivity index (χ2n) is 6.61. The van der Waals surface area contributed by atoms with Crippen molar-refractivity contribution >= 4 is 11.6 Å². The van der Waals surface area contributed by atoms with Crippen molar-refractivity contribution in [2.24, 2.45) is 0 Å². The highest BCUT2D eigenvalue weighted by Gasteiger charge is 2.21. The lowest BCUT2D eigenvalue weighted by Gasteiger charge is -2.34. The number of piperazine rings is 1. The van der Waals surface area contributed by atoms with Gasteiger partial charge in [0.25, 0.3) is 5.69 Å². The van der Waals surface area contributed by atoms with E-state index in [2.05, 4.69) is 17.0 Å². The van der Waals surface area contributed by atoms with Gasteiger partial charge in [-0.1, -0.05) is 24.3 Å². The summed E-state index contributed by atoms with van der Waals surface area (Å²) in [4.78, 5) is 26.9. The van der Waals surface area contributed by atoms with Crippen molar-refractivity contribution in [3.8, 4) is 5.75 Å². The van der Waals surface area contributed by atoms with E-state index in [9.17, 15) is 14.9 Å². The summed E-state index contributed by atoms with van der Waals surface area (Å²) >= 11 is 0. The van der Waals surface area contributed by atoms with Crippen LogP contribution in [0.3, 0.4) is 0 Å². The van der Waals surface area contributed by atoms with E-state index < -0.39 is 4.92 Å². The van der Waals surface area contributed by atoms with Crippen LogP contribution < -0.4 is 4.74 Å². The number of carbonyl (C=O) groups excluding carboxylic acids is 1. The number of benzene rings is 2. The number of hydrogen-bond acceptors (Lipinski definition) is 5. The van der Waals surface area contributed by atoms with E-state index in [0.29, 0.717) is 13.1 Å². The van der Waals surface area contributed by atoms with Gasteiger partial charge in [0.1, 0.15) is 5.75 Å². The Morgan fingerprint density at radius 1 is 1.00 bits per heavy atom. The molecule has 2 aromatic carbocycles. The van der Waals surface area contributed by atoms with Crippen LogP contribution in [0.5, 0.6) is 5.75 Å². The highest BCUT2D eigenvalue weighted by atomic mass is 16.6. The van der Waals surface area contributed by atoms with Crippen LogP contribution >= 0.6 is 0 Å². The lowest BCUT2D eigenvalue weighted by Crippen LogP contribution is -2.48. The minimum atomic E-state index is -0.437. The van der Waals surface area contributed by atoms with Crippen LogP contribution in [0, 0.1) is 10.1 Å². The van der Waals surface area contributed by atoms with Crippen LogP contribution in [0.2, 0.25) is 0 Å². The molecular formula is C20H23N3O4. The van der Waals surface area contributed by atoms with E-state index in [1.54, 1.807) is 19.2 Å². The number of nitrogens with zero attached hydrogens (tertiary/aromatic N) is 3. The predicted molar refractivity (Wildman–Crippen MR) is 102 cm³/mol. The van der Waals surface area contributed by atoms with E-state index in [4.69, 9.17) is 4.74 Å². The molecule has 0 bridgehead atoms. The molecule has 27 heavy (non-hydrogen) atoms. The molecule has 142 valence electrons. The quantitative estimate of drug-likeness (QED) is 0.578. The van der Waals surface area contributed by atoms with Crippen molar-refractivity contribution in [2.75, 3.05) is 33.3 Å². The molecular weight excluding hydrogens is 346 g/mol. The highest BCUT2D eigenvalue weighted by Crippen LogP contribution is 2.16.